The van der Waals surface area contributed by atoms with Crippen molar-refractivity contribution >= 4 is 21.7 Å². The summed E-state index contributed by atoms with van der Waals surface area (Å²) in [4.78, 5) is 10.9. The Morgan fingerprint density at radius 2 is 1.58 bits per heavy atom. The number of nitrogens with one attached hydrogen (secondary N) is 1. The maximum absolute atomic E-state index is 13.3. The number of hydrogen-bond donors (Lipinski definition) is 2. The Morgan fingerprint density at radius 1 is 0.939 bits per heavy atom. The molecule has 0 aromatic heterocycles. The zero-order chi connectivity index (χ0) is 23.8. The molecule has 1 heterocycles. The van der Waals surface area contributed by atoms with E-state index in [0.29, 0.717) is 10.6 Å². The highest BCUT2D eigenvalue weighted by Gasteiger charge is 2.34. The number of aliphatic carboxylic acids is 1. The van der Waals surface area contributed by atoms with Gasteiger partial charge in [-0.3, -0.25) is 9.10 Å². The van der Waals surface area contributed by atoms with E-state index in [1.54, 1.807) is 13.1 Å². The van der Waals surface area contributed by atoms with E-state index in [9.17, 15) is 13.2 Å². The number of aryl methyl sites for hydroxylation is 1. The van der Waals surface area contributed by atoms with Gasteiger partial charge in [0.1, 0.15) is 0 Å². The lowest BCUT2D eigenvalue weighted by Crippen LogP contribution is -2.26. The molecular weight excluding hydrogens is 436 g/mol. The van der Waals surface area contributed by atoms with E-state index in [1.807, 2.05) is 43.3 Å². The third-order valence-corrected chi connectivity index (χ3v) is 8.20. The number of rotatable bonds is 12. The highest BCUT2D eigenvalue weighted by Crippen LogP contribution is 2.40. The van der Waals surface area contributed by atoms with Gasteiger partial charge in [-0.2, -0.15) is 0 Å². The topological polar surface area (TPSA) is 86.7 Å². The van der Waals surface area contributed by atoms with Crippen molar-refractivity contribution in [3.05, 3.63) is 59.2 Å². The van der Waals surface area contributed by atoms with Gasteiger partial charge in [-0.25, -0.2) is 8.42 Å². The van der Waals surface area contributed by atoms with E-state index in [4.69, 9.17) is 5.11 Å². The number of para-hydroxylation sites is 1. The van der Waals surface area contributed by atoms with Crippen LogP contribution in [0.5, 0.6) is 0 Å². The van der Waals surface area contributed by atoms with Crippen LogP contribution in [0.4, 0.5) is 5.69 Å². The van der Waals surface area contributed by atoms with E-state index in [1.165, 1.54) is 10.7 Å². The molecule has 180 valence electrons. The van der Waals surface area contributed by atoms with Gasteiger partial charge >= 0.3 is 5.97 Å². The van der Waals surface area contributed by atoms with E-state index < -0.39 is 16.0 Å². The third kappa shape index (κ3) is 6.36. The molecular formula is C26H36N2O4S. The lowest BCUT2D eigenvalue weighted by atomic mass is 9.96. The van der Waals surface area contributed by atoms with Gasteiger partial charge < -0.3 is 10.4 Å². The molecule has 0 aliphatic carbocycles. The summed E-state index contributed by atoms with van der Waals surface area (Å²) in [6.07, 6.45) is 8.77. The Kier molecular flexibility index (Phi) is 8.92. The molecule has 2 aromatic carbocycles. The number of carbonyl (C=O) groups is 1. The SMILES string of the molecule is Cc1ccc2c(c1)S(=O)(=O)N(C)c1ccccc1C2NCCCCCCCCCCC(=O)O. The maximum Gasteiger partial charge on any atom is 0.303 e. The predicted octanol–water partition coefficient (Wildman–Crippen LogP) is 5.41. The highest BCUT2D eigenvalue weighted by molar-refractivity contribution is 7.92. The van der Waals surface area contributed by atoms with Gasteiger partial charge in [0, 0.05) is 13.5 Å². The lowest BCUT2D eigenvalue weighted by molar-refractivity contribution is -0.137. The molecule has 0 spiro atoms. The fraction of sp³-hybridized carbons (Fsp3) is 0.500. The standard InChI is InChI=1S/C26H36N2O4S/c1-20-16-17-22-24(19-20)33(31,32)28(2)23-14-11-10-13-21(23)26(22)27-18-12-8-6-4-3-5-7-9-15-25(29)30/h10-11,13-14,16-17,19,26-27H,3-9,12,15,18H2,1-2H3,(H,29,30). The fourth-order valence-corrected chi connectivity index (χ4v) is 6.03. The first-order valence-corrected chi connectivity index (χ1v) is 13.4. The maximum atomic E-state index is 13.3. The summed E-state index contributed by atoms with van der Waals surface area (Å²) in [5.41, 5.74) is 3.43. The van der Waals surface area contributed by atoms with Crippen molar-refractivity contribution in [2.24, 2.45) is 0 Å². The molecule has 0 saturated heterocycles. The van der Waals surface area contributed by atoms with Crippen LogP contribution < -0.4 is 9.62 Å². The molecule has 6 nitrogen and oxygen atoms in total. The van der Waals surface area contributed by atoms with Crippen LogP contribution in [0.15, 0.2) is 47.4 Å². The largest absolute Gasteiger partial charge is 0.481 e. The van der Waals surface area contributed by atoms with Crippen molar-refractivity contribution in [1.29, 1.82) is 0 Å². The third-order valence-electron chi connectivity index (χ3n) is 6.37. The van der Waals surface area contributed by atoms with E-state index in [2.05, 4.69) is 5.32 Å². The van der Waals surface area contributed by atoms with Crippen LogP contribution >= 0.6 is 0 Å². The molecule has 0 fully saturated rings. The molecule has 0 amide bonds. The second kappa shape index (κ2) is 11.7. The van der Waals surface area contributed by atoms with Gasteiger partial charge in [-0.1, -0.05) is 68.9 Å². The number of hydrogen-bond acceptors (Lipinski definition) is 4. The van der Waals surface area contributed by atoms with Crippen LogP contribution in [-0.4, -0.2) is 33.1 Å². The summed E-state index contributed by atoms with van der Waals surface area (Å²) in [6.45, 7) is 2.73. The van der Waals surface area contributed by atoms with Crippen LogP contribution in [0.2, 0.25) is 0 Å². The summed E-state index contributed by atoms with van der Waals surface area (Å²) in [6, 6.07) is 13.3. The first kappa shape index (κ1) is 25.2. The predicted molar refractivity (Wildman–Crippen MR) is 132 cm³/mol. The van der Waals surface area contributed by atoms with Crippen LogP contribution in [-0.2, 0) is 14.8 Å². The van der Waals surface area contributed by atoms with Gasteiger partial charge in [0.25, 0.3) is 10.0 Å². The first-order valence-electron chi connectivity index (χ1n) is 12.0. The highest BCUT2D eigenvalue weighted by atomic mass is 32.2. The van der Waals surface area contributed by atoms with E-state index in [-0.39, 0.29) is 12.5 Å². The molecule has 2 aromatic rings. The number of nitrogens with zero attached hydrogens (tertiary/aromatic N) is 1. The monoisotopic (exact) mass is 472 g/mol. The molecule has 1 atom stereocenters. The molecule has 1 unspecified atom stereocenters. The fourth-order valence-electron chi connectivity index (χ4n) is 4.49. The average Bonchev–Trinajstić information content (AvgIpc) is 2.85. The van der Waals surface area contributed by atoms with Crippen molar-refractivity contribution in [2.45, 2.75) is 75.6 Å². The smallest absolute Gasteiger partial charge is 0.303 e. The Labute approximate surface area is 198 Å². The van der Waals surface area contributed by atoms with Gasteiger partial charge in [0.2, 0.25) is 0 Å². The number of benzene rings is 2. The van der Waals surface area contributed by atoms with Gasteiger partial charge in [0.05, 0.1) is 16.6 Å². The lowest BCUT2D eigenvalue weighted by Gasteiger charge is -2.22. The first-order chi connectivity index (χ1) is 15.8. The van der Waals surface area contributed by atoms with Crippen molar-refractivity contribution in [2.75, 3.05) is 17.9 Å². The summed E-state index contributed by atoms with van der Waals surface area (Å²) in [7, 11) is -1.99. The van der Waals surface area contributed by atoms with Crippen LogP contribution in [0.3, 0.4) is 0 Å². The Balaban J connectivity index is 1.58. The minimum absolute atomic E-state index is 0.175. The molecule has 2 N–H and O–H groups in total. The van der Waals surface area contributed by atoms with Crippen molar-refractivity contribution in [1.82, 2.24) is 5.32 Å². The number of carboxylic acids is 1. The van der Waals surface area contributed by atoms with Gasteiger partial charge in [0.15, 0.2) is 0 Å². The summed E-state index contributed by atoms with van der Waals surface area (Å²) in [5.74, 6) is -0.708. The molecule has 1 aliphatic heterocycles. The summed E-state index contributed by atoms with van der Waals surface area (Å²) in [5, 5.41) is 12.3. The van der Waals surface area contributed by atoms with Crippen LogP contribution in [0.25, 0.3) is 0 Å². The number of sulfonamides is 1. The molecule has 0 bridgehead atoms. The van der Waals surface area contributed by atoms with Crippen molar-refractivity contribution in [3.8, 4) is 0 Å². The Hall–Kier alpha value is -2.38. The zero-order valence-corrected chi connectivity index (χ0v) is 20.5. The Bertz CT molecular complexity index is 1050. The van der Waals surface area contributed by atoms with Gasteiger partial charge in [-0.15, -0.1) is 0 Å². The quantitative estimate of drug-likeness (QED) is 0.404. The van der Waals surface area contributed by atoms with Gasteiger partial charge in [-0.05, 0) is 55.1 Å². The van der Waals surface area contributed by atoms with Crippen molar-refractivity contribution in [3.63, 3.8) is 0 Å². The van der Waals surface area contributed by atoms with E-state index >= 15 is 0 Å². The second-order valence-corrected chi connectivity index (χ2v) is 10.9. The molecule has 0 radical (unpaired) electrons. The molecule has 0 saturated carbocycles. The van der Waals surface area contributed by atoms with Crippen molar-refractivity contribution < 1.29 is 18.3 Å². The minimum atomic E-state index is -3.62. The second-order valence-electron chi connectivity index (χ2n) is 8.93. The van der Waals surface area contributed by atoms with Crippen LogP contribution in [0, 0.1) is 6.92 Å². The zero-order valence-electron chi connectivity index (χ0n) is 19.7. The number of unbranched alkanes of at least 4 members (excludes halogenated alkanes) is 7. The van der Waals surface area contributed by atoms with E-state index in [0.717, 1.165) is 68.2 Å². The molecule has 1 aliphatic rings. The number of fused-ring (bicyclic) bond motifs is 2. The average molecular weight is 473 g/mol. The number of carboxylic acid groups (broad SMARTS) is 1. The summed E-state index contributed by atoms with van der Waals surface area (Å²) < 4.78 is 28.1. The van der Waals surface area contributed by atoms with Crippen LogP contribution in [0.1, 0.15) is 80.5 Å². The minimum Gasteiger partial charge on any atom is -0.481 e. The molecule has 7 heteroatoms. The molecule has 3 rings (SSSR count). The number of anilines is 1. The molecule has 33 heavy (non-hydrogen) atoms. The summed E-state index contributed by atoms with van der Waals surface area (Å²) >= 11 is 0. The normalized spacial score (nSPS) is 16.7. The Morgan fingerprint density at radius 3 is 2.27 bits per heavy atom.